The van der Waals surface area contributed by atoms with Crippen molar-refractivity contribution in [2.75, 3.05) is 19.0 Å². The maximum atomic E-state index is 6.12. The number of nitrogens with one attached hydrogen (secondary N) is 2. The van der Waals surface area contributed by atoms with Crippen LogP contribution in [0.2, 0.25) is 5.02 Å². The highest BCUT2D eigenvalue weighted by Crippen LogP contribution is 2.27. The summed E-state index contributed by atoms with van der Waals surface area (Å²) in [6.45, 7) is 2.77. The van der Waals surface area contributed by atoms with Crippen LogP contribution in [0.25, 0.3) is 10.9 Å². The number of nitrogens with two attached hydrogens (primary N) is 1. The van der Waals surface area contributed by atoms with Gasteiger partial charge in [-0.15, -0.1) is 0 Å². The minimum atomic E-state index is 0.361. The van der Waals surface area contributed by atoms with Crippen molar-refractivity contribution in [1.82, 2.24) is 4.98 Å². The van der Waals surface area contributed by atoms with Crippen LogP contribution in [0.1, 0.15) is 18.1 Å². The van der Waals surface area contributed by atoms with E-state index >= 15 is 0 Å². The number of aromatic amines is 1. The van der Waals surface area contributed by atoms with E-state index in [1.54, 1.807) is 19.2 Å². The normalized spacial score (nSPS) is 11.7. The van der Waals surface area contributed by atoms with Gasteiger partial charge in [-0.05, 0) is 42.2 Å². The molecule has 3 aromatic rings. The Morgan fingerprint density at radius 3 is 2.85 bits per heavy atom. The van der Waals surface area contributed by atoms with Gasteiger partial charge < -0.3 is 20.8 Å². The summed E-state index contributed by atoms with van der Waals surface area (Å²) in [4.78, 5) is 7.79. The van der Waals surface area contributed by atoms with Gasteiger partial charge in [0.1, 0.15) is 5.75 Å². The van der Waals surface area contributed by atoms with Crippen LogP contribution >= 0.6 is 11.6 Å². The number of aromatic nitrogens is 1. The van der Waals surface area contributed by atoms with Crippen molar-refractivity contribution in [1.29, 1.82) is 0 Å². The van der Waals surface area contributed by atoms with E-state index in [4.69, 9.17) is 22.1 Å². The summed E-state index contributed by atoms with van der Waals surface area (Å²) in [5.74, 6) is 0.985. The zero-order chi connectivity index (χ0) is 18.5. The average Bonchev–Trinajstić information content (AvgIpc) is 3.05. The Kier molecular flexibility index (Phi) is 5.68. The van der Waals surface area contributed by atoms with E-state index in [1.165, 1.54) is 22.0 Å². The molecule has 6 heteroatoms. The average molecular weight is 371 g/mol. The molecule has 3 rings (SSSR count). The van der Waals surface area contributed by atoms with Crippen LogP contribution in [0.3, 0.4) is 0 Å². The Hall–Kier alpha value is -2.66. The summed E-state index contributed by atoms with van der Waals surface area (Å²) in [5.41, 5.74) is 10.5. The molecule has 0 saturated carbocycles. The lowest BCUT2D eigenvalue weighted by Crippen LogP contribution is -2.23. The summed E-state index contributed by atoms with van der Waals surface area (Å²) in [5, 5.41) is 4.83. The fourth-order valence-corrected chi connectivity index (χ4v) is 3.26. The predicted molar refractivity (Wildman–Crippen MR) is 109 cm³/mol. The lowest BCUT2D eigenvalue weighted by molar-refractivity contribution is 0.415. The Labute approximate surface area is 158 Å². The highest BCUT2D eigenvalue weighted by atomic mass is 35.5. The lowest BCUT2D eigenvalue weighted by Gasteiger charge is -2.08. The molecule has 26 heavy (non-hydrogen) atoms. The molecule has 0 saturated heterocycles. The number of hydrogen-bond donors (Lipinski definition) is 3. The van der Waals surface area contributed by atoms with Crippen LogP contribution in [0.15, 0.2) is 47.6 Å². The van der Waals surface area contributed by atoms with Gasteiger partial charge in [0.15, 0.2) is 5.96 Å². The molecule has 1 heterocycles. The molecule has 0 unspecified atom stereocenters. The number of methoxy groups -OCH3 is 1. The third kappa shape index (κ3) is 3.94. The lowest BCUT2D eigenvalue weighted by atomic mass is 10.1. The van der Waals surface area contributed by atoms with E-state index in [2.05, 4.69) is 46.6 Å². The number of aryl methyl sites for hydroxylation is 1. The van der Waals surface area contributed by atoms with Gasteiger partial charge in [-0.1, -0.05) is 36.7 Å². The van der Waals surface area contributed by atoms with Crippen molar-refractivity contribution >= 4 is 34.2 Å². The smallest absolute Gasteiger partial charge is 0.193 e. The minimum absolute atomic E-state index is 0.361. The van der Waals surface area contributed by atoms with Crippen LogP contribution in [0, 0.1) is 0 Å². The first kappa shape index (κ1) is 18.1. The molecule has 2 aromatic carbocycles. The van der Waals surface area contributed by atoms with Crippen molar-refractivity contribution in [2.45, 2.75) is 19.8 Å². The molecule has 0 aliphatic carbocycles. The van der Waals surface area contributed by atoms with Crippen LogP contribution in [-0.2, 0) is 12.8 Å². The summed E-state index contributed by atoms with van der Waals surface area (Å²) >= 11 is 6.12. The zero-order valence-corrected chi connectivity index (χ0v) is 15.7. The van der Waals surface area contributed by atoms with E-state index in [0.29, 0.717) is 23.3 Å². The molecule has 5 nitrogen and oxygen atoms in total. The van der Waals surface area contributed by atoms with Crippen molar-refractivity contribution in [3.63, 3.8) is 0 Å². The number of rotatable bonds is 6. The molecule has 1 aromatic heterocycles. The fourth-order valence-electron chi connectivity index (χ4n) is 3.01. The summed E-state index contributed by atoms with van der Waals surface area (Å²) in [6, 6.07) is 11.8. The molecule has 0 aliphatic heterocycles. The second-order valence-electron chi connectivity index (χ2n) is 6.00. The number of fused-ring (bicyclic) bond motifs is 1. The number of anilines is 1. The molecule has 136 valence electrons. The molecule has 0 aliphatic rings. The van der Waals surface area contributed by atoms with Gasteiger partial charge in [-0.3, -0.25) is 4.99 Å². The predicted octanol–water partition coefficient (Wildman–Crippen LogP) is 4.36. The van der Waals surface area contributed by atoms with E-state index in [-0.39, 0.29) is 0 Å². The number of aliphatic imine (C=N–C) groups is 1. The van der Waals surface area contributed by atoms with Crippen molar-refractivity contribution in [2.24, 2.45) is 10.7 Å². The molecular formula is C20H23ClN4O. The SMILES string of the molecule is CCc1cccc2c(CCN=C(N)Nc3ccc(OC)c(Cl)c3)c[nH]c12. The molecule has 0 atom stereocenters. The maximum absolute atomic E-state index is 6.12. The first-order valence-electron chi connectivity index (χ1n) is 8.60. The van der Waals surface area contributed by atoms with Gasteiger partial charge in [0.05, 0.1) is 12.1 Å². The quantitative estimate of drug-likeness (QED) is 0.445. The zero-order valence-electron chi connectivity index (χ0n) is 15.0. The molecular weight excluding hydrogens is 348 g/mol. The fraction of sp³-hybridized carbons (Fsp3) is 0.250. The van der Waals surface area contributed by atoms with Crippen molar-refractivity contribution in [3.05, 3.63) is 58.7 Å². The Bertz CT molecular complexity index is 933. The van der Waals surface area contributed by atoms with Crippen molar-refractivity contribution < 1.29 is 4.74 Å². The summed E-state index contributed by atoms with van der Waals surface area (Å²) in [7, 11) is 1.58. The third-order valence-corrected chi connectivity index (χ3v) is 4.65. The number of para-hydroxylation sites is 1. The highest BCUT2D eigenvalue weighted by Gasteiger charge is 2.06. The third-order valence-electron chi connectivity index (χ3n) is 4.36. The minimum Gasteiger partial charge on any atom is -0.495 e. The first-order chi connectivity index (χ1) is 12.6. The second kappa shape index (κ2) is 8.15. The summed E-state index contributed by atoms with van der Waals surface area (Å²) < 4.78 is 5.14. The van der Waals surface area contributed by atoms with Gasteiger partial charge in [-0.2, -0.15) is 0 Å². The number of hydrogen-bond acceptors (Lipinski definition) is 2. The topological polar surface area (TPSA) is 75.4 Å². The van der Waals surface area contributed by atoms with E-state index in [1.807, 2.05) is 6.07 Å². The van der Waals surface area contributed by atoms with E-state index in [0.717, 1.165) is 18.5 Å². The van der Waals surface area contributed by atoms with Crippen LogP contribution in [0.4, 0.5) is 5.69 Å². The van der Waals surface area contributed by atoms with Gasteiger partial charge in [0.25, 0.3) is 0 Å². The Morgan fingerprint density at radius 2 is 2.12 bits per heavy atom. The molecule has 0 fully saturated rings. The molecule has 0 bridgehead atoms. The largest absolute Gasteiger partial charge is 0.495 e. The Morgan fingerprint density at radius 1 is 1.27 bits per heavy atom. The van der Waals surface area contributed by atoms with Gasteiger partial charge in [0, 0.05) is 29.3 Å². The summed E-state index contributed by atoms with van der Waals surface area (Å²) in [6.07, 6.45) is 3.89. The van der Waals surface area contributed by atoms with Gasteiger partial charge in [-0.25, -0.2) is 0 Å². The van der Waals surface area contributed by atoms with E-state index < -0.39 is 0 Å². The Balaban J connectivity index is 1.64. The van der Waals surface area contributed by atoms with E-state index in [9.17, 15) is 0 Å². The molecule has 0 amide bonds. The second-order valence-corrected chi connectivity index (χ2v) is 6.41. The number of guanidine groups is 1. The maximum Gasteiger partial charge on any atom is 0.193 e. The molecule has 4 N–H and O–H groups in total. The van der Waals surface area contributed by atoms with Gasteiger partial charge >= 0.3 is 0 Å². The van der Waals surface area contributed by atoms with Crippen molar-refractivity contribution in [3.8, 4) is 5.75 Å². The number of nitrogens with zero attached hydrogens (tertiary/aromatic N) is 1. The van der Waals surface area contributed by atoms with Crippen LogP contribution < -0.4 is 15.8 Å². The standard InChI is InChI=1S/C20H23ClN4O/c1-3-13-5-4-6-16-14(12-24-19(13)16)9-10-23-20(22)25-15-7-8-18(26-2)17(21)11-15/h4-8,11-12,24H,3,9-10H2,1-2H3,(H3,22,23,25). The number of ether oxygens (including phenoxy) is 1. The highest BCUT2D eigenvalue weighted by molar-refractivity contribution is 6.32. The van der Waals surface area contributed by atoms with Gasteiger partial charge in [0.2, 0.25) is 0 Å². The first-order valence-corrected chi connectivity index (χ1v) is 8.98. The van der Waals surface area contributed by atoms with Crippen LogP contribution in [0.5, 0.6) is 5.75 Å². The number of halogens is 1. The van der Waals surface area contributed by atoms with Crippen LogP contribution in [-0.4, -0.2) is 24.6 Å². The molecule has 0 spiro atoms. The number of benzene rings is 2. The number of H-pyrrole nitrogens is 1. The monoisotopic (exact) mass is 370 g/mol. The molecule has 0 radical (unpaired) electrons.